The van der Waals surface area contributed by atoms with Crippen molar-refractivity contribution < 1.29 is 14.6 Å². The van der Waals surface area contributed by atoms with Gasteiger partial charge in [0.05, 0.1) is 12.5 Å². The second-order valence-electron chi connectivity index (χ2n) is 15.8. The summed E-state index contributed by atoms with van der Waals surface area (Å²) in [4.78, 5) is 0. The van der Waals surface area contributed by atoms with Crippen LogP contribution < -0.4 is 9.47 Å². The Morgan fingerprint density at radius 2 is 0.881 bits per heavy atom. The topological polar surface area (TPSA) is 38.7 Å². The summed E-state index contributed by atoms with van der Waals surface area (Å²) in [5.74, 6) is 2.21. The van der Waals surface area contributed by atoms with Gasteiger partial charge in [-0.2, -0.15) is 0 Å². The van der Waals surface area contributed by atoms with E-state index in [1.807, 2.05) is 48.5 Å². The molecule has 0 bridgehead atoms. The fraction of sp³-hybridized carbons (Fsp3) is 0.0714. The first kappa shape index (κ1) is 35.0. The average Bonchev–Trinajstić information content (AvgIpc) is 3.60. The van der Waals surface area contributed by atoms with Crippen LogP contribution in [0, 0.1) is 6.92 Å². The van der Waals surface area contributed by atoms with Gasteiger partial charge in [-0.25, -0.2) is 0 Å². The molecule has 0 saturated carbocycles. The molecule has 0 aliphatic heterocycles. The lowest BCUT2D eigenvalue weighted by Gasteiger charge is -2.34. The van der Waals surface area contributed by atoms with E-state index in [4.69, 9.17) is 9.47 Å². The van der Waals surface area contributed by atoms with Gasteiger partial charge >= 0.3 is 0 Å². The standard InChI is InChI=1S/C56H40O3/c1-35-11-12-41-32-44(22-13-40(41)31-35)56(51-29-20-36-7-3-5-9-49(36)53(51)54-50-10-6-4-8-37(50)21-30-52(54)56)45-23-14-43-34-48(28-19-42(43)33-45)59-47-26-17-39(18-27-47)55(57)38-15-24-46(58-2)25-16-38/h3-34,55,57H,1-2H3. The molecule has 0 amide bonds. The minimum Gasteiger partial charge on any atom is -0.497 e. The molecule has 282 valence electrons. The molecule has 0 saturated heterocycles. The van der Waals surface area contributed by atoms with Crippen molar-refractivity contribution in [3.63, 3.8) is 0 Å². The highest BCUT2D eigenvalue weighted by Crippen LogP contribution is 2.60. The lowest BCUT2D eigenvalue weighted by Crippen LogP contribution is -2.28. The van der Waals surface area contributed by atoms with Crippen LogP contribution in [0.1, 0.15) is 45.0 Å². The largest absolute Gasteiger partial charge is 0.497 e. The molecule has 59 heavy (non-hydrogen) atoms. The molecule has 10 aromatic carbocycles. The highest BCUT2D eigenvalue weighted by Gasteiger charge is 2.47. The first-order chi connectivity index (χ1) is 29.0. The first-order valence-electron chi connectivity index (χ1n) is 20.2. The normalized spacial score (nSPS) is 13.4. The minimum atomic E-state index is -0.747. The molecule has 1 aliphatic rings. The van der Waals surface area contributed by atoms with E-state index in [1.54, 1.807) is 7.11 Å². The highest BCUT2D eigenvalue weighted by molar-refractivity contribution is 6.12. The molecular weight excluding hydrogens is 721 g/mol. The summed E-state index contributed by atoms with van der Waals surface area (Å²) in [5.41, 5.74) is 9.96. The first-order valence-corrected chi connectivity index (χ1v) is 20.2. The van der Waals surface area contributed by atoms with Crippen molar-refractivity contribution in [2.45, 2.75) is 18.4 Å². The Morgan fingerprint density at radius 3 is 1.46 bits per heavy atom. The molecule has 11 rings (SSSR count). The van der Waals surface area contributed by atoms with E-state index in [1.165, 1.54) is 71.3 Å². The number of ether oxygens (including phenoxy) is 2. The van der Waals surface area contributed by atoms with Crippen molar-refractivity contribution in [1.82, 2.24) is 0 Å². The van der Waals surface area contributed by atoms with Gasteiger partial charge in [0, 0.05) is 0 Å². The molecule has 1 unspecified atom stereocenters. The van der Waals surface area contributed by atoms with Crippen LogP contribution in [0.4, 0.5) is 0 Å². The highest BCUT2D eigenvalue weighted by atomic mass is 16.5. The number of aliphatic hydroxyl groups excluding tert-OH is 1. The number of fused-ring (bicyclic) bond motifs is 9. The summed E-state index contributed by atoms with van der Waals surface area (Å²) in [6.07, 6.45) is -0.747. The van der Waals surface area contributed by atoms with Gasteiger partial charge in [0.25, 0.3) is 0 Å². The summed E-state index contributed by atoms with van der Waals surface area (Å²) in [6.45, 7) is 2.16. The average molecular weight is 761 g/mol. The smallest absolute Gasteiger partial charge is 0.128 e. The fourth-order valence-electron chi connectivity index (χ4n) is 9.59. The number of rotatable bonds is 7. The van der Waals surface area contributed by atoms with E-state index in [9.17, 15) is 5.11 Å². The van der Waals surface area contributed by atoms with Crippen molar-refractivity contribution in [3.05, 3.63) is 233 Å². The van der Waals surface area contributed by atoms with Crippen molar-refractivity contribution in [3.8, 4) is 28.4 Å². The quantitative estimate of drug-likeness (QED) is 0.176. The van der Waals surface area contributed by atoms with Gasteiger partial charge in [-0.3, -0.25) is 0 Å². The number of methoxy groups -OCH3 is 1. The number of hydrogen-bond acceptors (Lipinski definition) is 3. The van der Waals surface area contributed by atoms with Crippen molar-refractivity contribution >= 4 is 43.1 Å². The molecule has 0 aromatic heterocycles. The van der Waals surface area contributed by atoms with Crippen LogP contribution >= 0.6 is 0 Å². The molecule has 3 nitrogen and oxygen atoms in total. The molecule has 1 atom stereocenters. The predicted octanol–water partition coefficient (Wildman–Crippen LogP) is 13.9. The Balaban J connectivity index is 1.05. The van der Waals surface area contributed by atoms with Gasteiger partial charge in [-0.05, 0) is 143 Å². The van der Waals surface area contributed by atoms with E-state index < -0.39 is 11.5 Å². The zero-order valence-electron chi connectivity index (χ0n) is 32.8. The van der Waals surface area contributed by atoms with E-state index in [0.29, 0.717) is 5.75 Å². The van der Waals surface area contributed by atoms with Crippen LogP contribution in [0.25, 0.3) is 54.2 Å². The Labute approximate surface area is 343 Å². The SMILES string of the molecule is COc1ccc(C(O)c2ccc(Oc3ccc4cc(C5(c6ccc7cc(C)ccc7c6)c6ccc7ccccc7c6-c6c5ccc5ccccc65)ccc4c3)cc2)cc1. The fourth-order valence-corrected chi connectivity index (χ4v) is 9.59. The second-order valence-corrected chi connectivity index (χ2v) is 15.8. The number of aliphatic hydroxyl groups is 1. The molecule has 0 heterocycles. The van der Waals surface area contributed by atoms with E-state index in [-0.39, 0.29) is 0 Å². The molecule has 10 aromatic rings. The third-order valence-corrected chi connectivity index (χ3v) is 12.5. The molecule has 1 N–H and O–H groups in total. The monoisotopic (exact) mass is 760 g/mol. The summed E-state index contributed by atoms with van der Waals surface area (Å²) in [6, 6.07) is 69.3. The second kappa shape index (κ2) is 13.7. The zero-order chi connectivity index (χ0) is 39.7. The number of benzene rings is 10. The summed E-state index contributed by atoms with van der Waals surface area (Å²) in [7, 11) is 1.64. The summed E-state index contributed by atoms with van der Waals surface area (Å²) >= 11 is 0. The van der Waals surface area contributed by atoms with Crippen molar-refractivity contribution in [2.24, 2.45) is 0 Å². The van der Waals surface area contributed by atoms with Crippen LogP contribution in [0.3, 0.4) is 0 Å². The van der Waals surface area contributed by atoms with Gasteiger partial charge in [0.15, 0.2) is 0 Å². The molecule has 0 radical (unpaired) electrons. The van der Waals surface area contributed by atoms with Crippen LogP contribution in [0.2, 0.25) is 0 Å². The Morgan fingerprint density at radius 1 is 0.424 bits per heavy atom. The lowest BCUT2D eigenvalue weighted by molar-refractivity contribution is 0.220. The predicted molar refractivity (Wildman–Crippen MR) is 242 cm³/mol. The summed E-state index contributed by atoms with van der Waals surface area (Å²) in [5, 5.41) is 20.8. The Hall–Kier alpha value is -7.20. The van der Waals surface area contributed by atoms with Gasteiger partial charge in [0.1, 0.15) is 23.4 Å². The maximum absolute atomic E-state index is 11.0. The Bertz CT molecular complexity index is 3170. The van der Waals surface area contributed by atoms with Crippen LogP contribution in [0.5, 0.6) is 17.2 Å². The molecule has 1 aliphatic carbocycles. The molecule has 3 heteroatoms. The van der Waals surface area contributed by atoms with Crippen LogP contribution in [-0.2, 0) is 5.41 Å². The third kappa shape index (κ3) is 5.61. The van der Waals surface area contributed by atoms with E-state index in [0.717, 1.165) is 33.4 Å². The van der Waals surface area contributed by atoms with Gasteiger partial charge < -0.3 is 14.6 Å². The third-order valence-electron chi connectivity index (χ3n) is 12.5. The lowest BCUT2D eigenvalue weighted by atomic mass is 9.67. The minimum absolute atomic E-state index is 0.584. The summed E-state index contributed by atoms with van der Waals surface area (Å²) < 4.78 is 11.7. The molecule has 0 fully saturated rings. The zero-order valence-corrected chi connectivity index (χ0v) is 32.8. The van der Waals surface area contributed by atoms with Crippen molar-refractivity contribution in [2.75, 3.05) is 7.11 Å². The van der Waals surface area contributed by atoms with E-state index >= 15 is 0 Å². The maximum Gasteiger partial charge on any atom is 0.128 e. The molecule has 0 spiro atoms. The van der Waals surface area contributed by atoms with Crippen LogP contribution in [-0.4, -0.2) is 12.2 Å². The maximum atomic E-state index is 11.0. The number of aryl methyl sites for hydroxylation is 1. The van der Waals surface area contributed by atoms with Crippen molar-refractivity contribution in [1.29, 1.82) is 0 Å². The molecular formula is C56H40O3. The van der Waals surface area contributed by atoms with Gasteiger partial charge in [-0.1, -0.05) is 151 Å². The van der Waals surface area contributed by atoms with Gasteiger partial charge in [0.2, 0.25) is 0 Å². The van der Waals surface area contributed by atoms with Gasteiger partial charge in [-0.15, -0.1) is 0 Å². The number of hydrogen-bond donors (Lipinski definition) is 1. The Kier molecular flexibility index (Phi) is 8.14. The van der Waals surface area contributed by atoms with Crippen LogP contribution in [0.15, 0.2) is 194 Å². The van der Waals surface area contributed by atoms with E-state index in [2.05, 4.69) is 153 Å².